The molecule has 1 aromatic heterocycles. The first-order valence-electron chi connectivity index (χ1n) is 6.77. The highest BCUT2D eigenvalue weighted by molar-refractivity contribution is 5.83. The van der Waals surface area contributed by atoms with Gasteiger partial charge in [0.15, 0.2) is 0 Å². The van der Waals surface area contributed by atoms with Crippen LogP contribution in [0.1, 0.15) is 37.4 Å². The Labute approximate surface area is 108 Å². The van der Waals surface area contributed by atoms with E-state index in [0.29, 0.717) is 18.0 Å². The number of pyridine rings is 1. The van der Waals surface area contributed by atoms with Gasteiger partial charge in [0.25, 0.3) is 0 Å². The minimum Gasteiger partial charge on any atom is -0.311 e. The molecule has 2 heteroatoms. The molecule has 0 aliphatic carbocycles. The number of para-hydroxylation sites is 1. The zero-order chi connectivity index (χ0) is 12.7. The van der Waals surface area contributed by atoms with Crippen molar-refractivity contribution in [3.63, 3.8) is 0 Å². The minimum absolute atomic E-state index is 0.546. The highest BCUT2D eigenvalue weighted by Crippen LogP contribution is 2.34. The molecular weight excluding hydrogens is 220 g/mol. The Morgan fingerprint density at radius 3 is 2.72 bits per heavy atom. The number of rotatable bonds is 1. The average molecular weight is 240 g/mol. The van der Waals surface area contributed by atoms with E-state index in [4.69, 9.17) is 0 Å². The number of nitrogens with zero attached hydrogens (tertiary/aromatic N) is 1. The van der Waals surface area contributed by atoms with Crippen LogP contribution in [0.3, 0.4) is 0 Å². The molecule has 94 valence electrons. The summed E-state index contributed by atoms with van der Waals surface area (Å²) in [5.41, 5.74) is 3.71. The second-order valence-corrected chi connectivity index (χ2v) is 5.57. The van der Waals surface area contributed by atoms with Crippen LogP contribution in [0.15, 0.2) is 30.3 Å². The van der Waals surface area contributed by atoms with Gasteiger partial charge in [-0.15, -0.1) is 0 Å². The maximum atomic E-state index is 4.63. The van der Waals surface area contributed by atoms with Crippen LogP contribution < -0.4 is 5.32 Å². The van der Waals surface area contributed by atoms with Crippen molar-refractivity contribution in [2.45, 2.75) is 45.2 Å². The van der Waals surface area contributed by atoms with Crippen LogP contribution in [0, 0.1) is 6.92 Å². The lowest BCUT2D eigenvalue weighted by Crippen LogP contribution is -2.26. The van der Waals surface area contributed by atoms with Gasteiger partial charge in [-0.3, -0.25) is 4.98 Å². The largest absolute Gasteiger partial charge is 0.311 e. The van der Waals surface area contributed by atoms with E-state index in [1.54, 1.807) is 0 Å². The molecule has 0 radical (unpaired) electrons. The third-order valence-electron chi connectivity index (χ3n) is 4.03. The van der Waals surface area contributed by atoms with E-state index in [0.717, 1.165) is 11.2 Å². The molecule has 0 amide bonds. The van der Waals surface area contributed by atoms with Gasteiger partial charge in [0, 0.05) is 29.1 Å². The summed E-state index contributed by atoms with van der Waals surface area (Å²) in [6.07, 6.45) is 1.22. The van der Waals surface area contributed by atoms with Crippen molar-refractivity contribution in [3.05, 3.63) is 41.6 Å². The van der Waals surface area contributed by atoms with Crippen LogP contribution in [0.2, 0.25) is 0 Å². The molecule has 3 atom stereocenters. The van der Waals surface area contributed by atoms with Crippen LogP contribution in [0.25, 0.3) is 10.9 Å². The molecule has 2 aromatic rings. The number of aryl methyl sites for hydroxylation is 1. The van der Waals surface area contributed by atoms with E-state index in [1.807, 2.05) is 0 Å². The Hall–Kier alpha value is -1.41. The first-order chi connectivity index (χ1) is 8.65. The predicted octanol–water partition coefficient (Wildman–Crippen LogP) is 3.40. The zero-order valence-corrected chi connectivity index (χ0v) is 11.3. The summed E-state index contributed by atoms with van der Waals surface area (Å²) in [5, 5.41) is 4.94. The van der Waals surface area contributed by atoms with E-state index in [-0.39, 0.29) is 0 Å². The van der Waals surface area contributed by atoms with Crippen molar-refractivity contribution in [2.75, 3.05) is 0 Å². The van der Waals surface area contributed by atoms with E-state index >= 15 is 0 Å². The topological polar surface area (TPSA) is 24.9 Å². The lowest BCUT2D eigenvalue weighted by atomic mass is 9.89. The summed E-state index contributed by atoms with van der Waals surface area (Å²) in [4.78, 5) is 4.63. The number of nitrogens with one attached hydrogen (secondary N) is 1. The fourth-order valence-corrected chi connectivity index (χ4v) is 3.26. The van der Waals surface area contributed by atoms with Crippen LogP contribution in [-0.4, -0.2) is 17.1 Å². The Morgan fingerprint density at radius 2 is 2.00 bits per heavy atom. The van der Waals surface area contributed by atoms with Crippen LogP contribution >= 0.6 is 0 Å². The quantitative estimate of drug-likeness (QED) is 0.826. The maximum Gasteiger partial charge on any atom is 0.0708 e. The molecule has 3 unspecified atom stereocenters. The van der Waals surface area contributed by atoms with E-state index in [1.165, 1.54) is 17.4 Å². The second kappa shape index (κ2) is 4.36. The summed E-state index contributed by atoms with van der Waals surface area (Å²) in [7, 11) is 0. The molecule has 1 N–H and O–H groups in total. The van der Waals surface area contributed by atoms with E-state index < -0.39 is 0 Å². The highest BCUT2D eigenvalue weighted by atomic mass is 15.0. The van der Waals surface area contributed by atoms with Crippen molar-refractivity contribution >= 4 is 10.9 Å². The fourth-order valence-electron chi connectivity index (χ4n) is 3.26. The summed E-state index contributed by atoms with van der Waals surface area (Å²) in [5.74, 6) is 0.603. The van der Waals surface area contributed by atoms with Gasteiger partial charge in [0.2, 0.25) is 0 Å². The Morgan fingerprint density at radius 1 is 1.22 bits per heavy atom. The normalized spacial score (nSPS) is 27.8. The van der Waals surface area contributed by atoms with Gasteiger partial charge in [0.05, 0.1) is 5.52 Å². The Balaban J connectivity index is 2.16. The number of fused-ring (bicyclic) bond motifs is 1. The first kappa shape index (κ1) is 11.7. The van der Waals surface area contributed by atoms with Crippen molar-refractivity contribution in [2.24, 2.45) is 0 Å². The summed E-state index contributed by atoms with van der Waals surface area (Å²) >= 11 is 0. The SMILES string of the molecule is Cc1cc(C2CC(C)NC2C)c2ccccc2n1. The van der Waals surface area contributed by atoms with E-state index in [9.17, 15) is 0 Å². The van der Waals surface area contributed by atoms with Crippen molar-refractivity contribution in [1.29, 1.82) is 0 Å². The summed E-state index contributed by atoms with van der Waals surface area (Å²) in [6.45, 7) is 6.65. The van der Waals surface area contributed by atoms with Crippen LogP contribution in [-0.2, 0) is 0 Å². The number of hydrogen-bond acceptors (Lipinski definition) is 2. The lowest BCUT2D eigenvalue weighted by molar-refractivity contribution is 0.576. The molecule has 18 heavy (non-hydrogen) atoms. The molecule has 0 saturated carbocycles. The summed E-state index contributed by atoms with van der Waals surface area (Å²) < 4.78 is 0. The molecule has 1 aliphatic rings. The van der Waals surface area contributed by atoms with Crippen molar-refractivity contribution in [3.8, 4) is 0 Å². The van der Waals surface area contributed by atoms with Gasteiger partial charge >= 0.3 is 0 Å². The van der Waals surface area contributed by atoms with E-state index in [2.05, 4.69) is 61.4 Å². The number of aromatic nitrogens is 1. The van der Waals surface area contributed by atoms with Gasteiger partial charge in [-0.05, 0) is 44.9 Å². The maximum absolute atomic E-state index is 4.63. The third kappa shape index (κ3) is 1.91. The third-order valence-corrected chi connectivity index (χ3v) is 4.03. The number of hydrogen-bond donors (Lipinski definition) is 1. The first-order valence-corrected chi connectivity index (χ1v) is 6.77. The summed E-state index contributed by atoms with van der Waals surface area (Å²) in [6, 6.07) is 11.9. The Kier molecular flexibility index (Phi) is 2.83. The standard InChI is InChI=1S/C16H20N2/c1-10-8-14(12(3)17-10)15-9-11(2)18-16-7-5-4-6-13(15)16/h4-7,9-10,12,14,17H,8H2,1-3H3. The zero-order valence-electron chi connectivity index (χ0n) is 11.3. The van der Waals surface area contributed by atoms with Crippen molar-refractivity contribution < 1.29 is 0 Å². The van der Waals surface area contributed by atoms with Gasteiger partial charge in [0.1, 0.15) is 0 Å². The Bertz CT molecular complexity index is 576. The lowest BCUT2D eigenvalue weighted by Gasteiger charge is -2.18. The monoisotopic (exact) mass is 240 g/mol. The van der Waals surface area contributed by atoms with Crippen LogP contribution in [0.4, 0.5) is 0 Å². The smallest absolute Gasteiger partial charge is 0.0708 e. The van der Waals surface area contributed by atoms with Crippen molar-refractivity contribution in [1.82, 2.24) is 10.3 Å². The molecule has 2 nitrogen and oxygen atoms in total. The van der Waals surface area contributed by atoms with Gasteiger partial charge in [-0.2, -0.15) is 0 Å². The second-order valence-electron chi connectivity index (χ2n) is 5.57. The predicted molar refractivity (Wildman–Crippen MR) is 75.9 cm³/mol. The highest BCUT2D eigenvalue weighted by Gasteiger charge is 2.30. The molecule has 1 aromatic carbocycles. The average Bonchev–Trinajstić information content (AvgIpc) is 2.67. The molecule has 0 bridgehead atoms. The van der Waals surface area contributed by atoms with Gasteiger partial charge < -0.3 is 5.32 Å². The molecule has 1 fully saturated rings. The van der Waals surface area contributed by atoms with Crippen LogP contribution in [0.5, 0.6) is 0 Å². The molecular formula is C16H20N2. The molecule has 0 spiro atoms. The minimum atomic E-state index is 0.546. The molecule has 3 rings (SSSR count). The van der Waals surface area contributed by atoms with Gasteiger partial charge in [-0.25, -0.2) is 0 Å². The number of benzene rings is 1. The van der Waals surface area contributed by atoms with Gasteiger partial charge in [-0.1, -0.05) is 18.2 Å². The fraction of sp³-hybridized carbons (Fsp3) is 0.438. The molecule has 2 heterocycles. The molecule has 1 saturated heterocycles. The molecule has 1 aliphatic heterocycles.